The Bertz CT molecular complexity index is 1750. The molecule has 0 atom stereocenters. The van der Waals surface area contributed by atoms with Crippen LogP contribution in [0.5, 0.6) is 0 Å². The summed E-state index contributed by atoms with van der Waals surface area (Å²) in [5.74, 6) is 0. The van der Waals surface area contributed by atoms with Crippen molar-refractivity contribution >= 4 is 36.9 Å². The predicted molar refractivity (Wildman–Crippen MR) is 165 cm³/mol. The number of hydrogen-bond acceptors (Lipinski definition) is 0. The van der Waals surface area contributed by atoms with Crippen LogP contribution in [0.4, 0.5) is 26.3 Å². The summed E-state index contributed by atoms with van der Waals surface area (Å²) >= 11 is 0.729. The van der Waals surface area contributed by atoms with Crippen LogP contribution in [0, 0.1) is 6.08 Å². The Morgan fingerprint density at radius 1 is 0.696 bits per heavy atom. The van der Waals surface area contributed by atoms with E-state index >= 15 is 0 Å². The van der Waals surface area contributed by atoms with Gasteiger partial charge >= 0.3 is 137 Å². The SMILES string of the molecule is C=Cc1ccc2[cH-]c3ccc(C=C)cc3c2c1.FC(F)(F)c1cccc([C](=[Zr+2])c2cccc(C(F)(F)F)c2)c1.[C-]1=CC=CC1.[Cl-].[Cl-]. The molecule has 5 aromatic rings. The molecule has 0 saturated carbocycles. The number of alkyl halides is 6. The first-order valence-electron chi connectivity index (χ1n) is 13.4. The van der Waals surface area contributed by atoms with Crippen molar-refractivity contribution in [3.8, 4) is 0 Å². The van der Waals surface area contributed by atoms with Gasteiger partial charge in [0.2, 0.25) is 0 Å². The minimum absolute atomic E-state index is 0. The van der Waals surface area contributed by atoms with Crippen molar-refractivity contribution in [3.63, 3.8) is 0 Å². The molecular weight excluding hydrogens is 721 g/mol. The summed E-state index contributed by atoms with van der Waals surface area (Å²) in [7, 11) is 0. The van der Waals surface area contributed by atoms with Gasteiger partial charge in [0.1, 0.15) is 0 Å². The number of benzene rings is 4. The van der Waals surface area contributed by atoms with Crippen LogP contribution < -0.4 is 24.8 Å². The summed E-state index contributed by atoms with van der Waals surface area (Å²) in [5.41, 5.74) is 1.22. The van der Waals surface area contributed by atoms with Gasteiger partial charge in [0.05, 0.1) is 0 Å². The van der Waals surface area contributed by atoms with E-state index in [4.69, 9.17) is 0 Å². The molecule has 0 spiro atoms. The second kappa shape index (κ2) is 17.0. The largest absolute Gasteiger partial charge is 1.00 e. The van der Waals surface area contributed by atoms with Crippen molar-refractivity contribution in [1.29, 1.82) is 0 Å². The Morgan fingerprint density at radius 2 is 1.15 bits per heavy atom. The van der Waals surface area contributed by atoms with E-state index in [2.05, 4.69) is 67.8 Å². The Hall–Kier alpha value is -3.38. The van der Waals surface area contributed by atoms with Crippen LogP contribution in [-0.4, -0.2) is 3.21 Å². The van der Waals surface area contributed by atoms with Crippen molar-refractivity contribution in [2.24, 2.45) is 0 Å². The summed E-state index contributed by atoms with van der Waals surface area (Å²) in [6, 6.07) is 24.3. The van der Waals surface area contributed by atoms with Crippen LogP contribution in [0.1, 0.15) is 39.8 Å². The van der Waals surface area contributed by atoms with Crippen molar-refractivity contribution in [1.82, 2.24) is 0 Å². The molecule has 1 aliphatic carbocycles. The van der Waals surface area contributed by atoms with E-state index in [0.29, 0.717) is 3.21 Å². The topological polar surface area (TPSA) is 0 Å². The van der Waals surface area contributed by atoms with E-state index in [1.807, 2.05) is 24.3 Å². The Morgan fingerprint density at radius 3 is 1.48 bits per heavy atom. The monoisotopic (exact) mass is 744 g/mol. The van der Waals surface area contributed by atoms with Crippen molar-refractivity contribution in [2.45, 2.75) is 18.8 Å². The van der Waals surface area contributed by atoms with Gasteiger partial charge in [-0.1, -0.05) is 49.6 Å². The molecule has 6 rings (SSSR count). The van der Waals surface area contributed by atoms with E-state index in [1.165, 1.54) is 45.8 Å². The van der Waals surface area contributed by atoms with E-state index < -0.39 is 23.5 Å². The molecular formula is C37H26Cl2F6Zr-2. The van der Waals surface area contributed by atoms with Gasteiger partial charge in [-0.25, -0.2) is 12.2 Å². The minimum atomic E-state index is -4.49. The second-order valence-corrected chi connectivity index (χ2v) is 11.0. The van der Waals surface area contributed by atoms with Gasteiger partial charge in [-0.05, 0) is 11.1 Å². The Kier molecular flexibility index (Phi) is 14.3. The number of fused-ring (bicyclic) bond motifs is 3. The smallest absolute Gasteiger partial charge is 0.109 e. The van der Waals surface area contributed by atoms with E-state index in [1.54, 1.807) is 0 Å². The summed E-state index contributed by atoms with van der Waals surface area (Å²) in [5, 5.41) is 5.15. The Balaban J connectivity index is 0.000000272. The molecule has 0 heterocycles. The van der Waals surface area contributed by atoms with E-state index in [9.17, 15) is 26.3 Å². The molecule has 0 bridgehead atoms. The summed E-state index contributed by atoms with van der Waals surface area (Å²) < 4.78 is 76.7. The quantitative estimate of drug-likeness (QED) is 0.177. The number of halogens is 8. The molecule has 236 valence electrons. The first kappa shape index (κ1) is 38.8. The van der Waals surface area contributed by atoms with Crippen LogP contribution in [-0.2, 0) is 36.6 Å². The van der Waals surface area contributed by atoms with Crippen molar-refractivity contribution in [3.05, 3.63) is 162 Å². The fourth-order valence-electron chi connectivity index (χ4n) is 4.50. The van der Waals surface area contributed by atoms with Gasteiger partial charge < -0.3 is 24.8 Å². The maximum atomic E-state index is 12.7. The number of hydrogen-bond donors (Lipinski definition) is 0. The van der Waals surface area contributed by atoms with Gasteiger partial charge in [-0.2, -0.15) is 6.08 Å². The third-order valence-corrected chi connectivity index (χ3v) is 8.19. The average molecular weight is 747 g/mol. The zero-order valence-corrected chi connectivity index (χ0v) is 28.2. The fourth-order valence-corrected chi connectivity index (χ4v) is 5.26. The first-order chi connectivity index (χ1) is 20.9. The van der Waals surface area contributed by atoms with Gasteiger partial charge in [0, 0.05) is 0 Å². The maximum absolute atomic E-state index is 12.7. The molecule has 0 unspecified atom stereocenters. The molecule has 46 heavy (non-hydrogen) atoms. The van der Waals surface area contributed by atoms with Crippen LogP contribution >= 0.6 is 0 Å². The molecule has 0 N–H and O–H groups in total. The molecule has 0 amide bonds. The summed E-state index contributed by atoms with van der Waals surface area (Å²) in [6.45, 7) is 7.64. The van der Waals surface area contributed by atoms with E-state index in [-0.39, 0.29) is 35.9 Å². The van der Waals surface area contributed by atoms with Gasteiger partial charge in [0.25, 0.3) is 0 Å². The van der Waals surface area contributed by atoms with Crippen LogP contribution in [0.3, 0.4) is 0 Å². The zero-order valence-electron chi connectivity index (χ0n) is 24.2. The predicted octanol–water partition coefficient (Wildman–Crippen LogP) is 5.15. The third kappa shape index (κ3) is 10.1. The first-order valence-corrected chi connectivity index (χ1v) is 14.7. The molecule has 0 saturated heterocycles. The zero-order chi connectivity index (χ0) is 31.9. The van der Waals surface area contributed by atoms with Crippen LogP contribution in [0.2, 0.25) is 0 Å². The molecule has 0 radical (unpaired) electrons. The number of allylic oxidation sites excluding steroid dienone is 4. The molecule has 9 heteroatoms. The normalized spacial score (nSPS) is 11.8. The number of rotatable bonds is 4. The van der Waals surface area contributed by atoms with Crippen LogP contribution in [0.25, 0.3) is 33.7 Å². The molecule has 5 aromatic carbocycles. The second-order valence-electron chi connectivity index (χ2n) is 9.78. The third-order valence-electron chi connectivity index (χ3n) is 6.77. The average Bonchev–Trinajstić information content (AvgIpc) is 3.72. The maximum Gasteiger partial charge on any atom is -0.109 e. The Labute approximate surface area is 291 Å². The van der Waals surface area contributed by atoms with Gasteiger partial charge in [0.15, 0.2) is 0 Å². The van der Waals surface area contributed by atoms with Crippen molar-refractivity contribution in [2.75, 3.05) is 0 Å². The molecule has 0 aromatic heterocycles. The standard InChI is InChI=1S/C17H13.C15H8F6.C5H5.2ClH.Zr/c1-3-12-5-7-14-11-15-8-6-13(4-2)10-17(15)16(14)9-12;16-14(17,18)12-5-1-3-10(8-12)7-11-4-2-6-13(9-11)15(19,20)21;1-2-4-5-3-1;;;/h3-11H,1-2H2;1-6,8-9H;1-3H,4H2;2*1H;/q-1;;-1;;;+2/p-2. The van der Waals surface area contributed by atoms with Gasteiger partial charge in [-0.15, -0.1) is 46.2 Å². The molecule has 0 aliphatic heterocycles. The molecule has 1 aliphatic rings. The summed E-state index contributed by atoms with van der Waals surface area (Å²) in [6.07, 6.45) is 4.80. The molecule has 0 fully saturated rings. The van der Waals surface area contributed by atoms with Crippen molar-refractivity contribution < 1.29 is 75.4 Å². The minimum Gasteiger partial charge on any atom is -1.00 e. The van der Waals surface area contributed by atoms with Gasteiger partial charge in [-0.3, -0.25) is 6.08 Å². The summed E-state index contributed by atoms with van der Waals surface area (Å²) in [4.78, 5) is 0. The molecule has 0 nitrogen and oxygen atoms in total. The fraction of sp³-hybridized carbons (Fsp3) is 0.0811. The van der Waals surface area contributed by atoms with Crippen LogP contribution in [0.15, 0.2) is 122 Å². The van der Waals surface area contributed by atoms with E-state index in [0.717, 1.165) is 66.0 Å².